The molecule has 1 aromatic rings. The van der Waals surface area contributed by atoms with Crippen molar-refractivity contribution < 1.29 is 17.9 Å². The number of ether oxygens (including phenoxy) is 1. The molecular weight excluding hydrogens is 349 g/mol. The van der Waals surface area contributed by atoms with E-state index in [1.165, 1.54) is 0 Å². The molecule has 7 heteroatoms. The van der Waals surface area contributed by atoms with Crippen LogP contribution in [0.1, 0.15) is 23.7 Å². The summed E-state index contributed by atoms with van der Waals surface area (Å²) in [6.45, 7) is 1.32. The lowest BCUT2D eigenvalue weighted by atomic mass is 9.92. The second-order valence-corrected chi connectivity index (χ2v) is 6.02. The number of aliphatic imine (C=N–C) groups is 1. The molecule has 0 bridgehead atoms. The number of halogens is 4. The van der Waals surface area contributed by atoms with Gasteiger partial charge in [0.25, 0.3) is 0 Å². The summed E-state index contributed by atoms with van der Waals surface area (Å²) in [6, 6.07) is 5.59. The third kappa shape index (κ3) is 3.23. The Hall–Kier alpha value is -1.08. The van der Waals surface area contributed by atoms with Gasteiger partial charge in [-0.15, -0.1) is 0 Å². The quantitative estimate of drug-likeness (QED) is 0.874. The van der Waals surface area contributed by atoms with E-state index in [-0.39, 0.29) is 6.42 Å². The molecule has 0 spiro atoms. The van der Waals surface area contributed by atoms with Gasteiger partial charge in [0.2, 0.25) is 0 Å². The molecule has 2 unspecified atom stereocenters. The predicted molar refractivity (Wildman–Crippen MR) is 76.4 cm³/mol. The molecule has 2 aliphatic rings. The van der Waals surface area contributed by atoms with Crippen LogP contribution < -0.4 is 5.32 Å². The third-order valence-electron chi connectivity index (χ3n) is 3.61. The van der Waals surface area contributed by atoms with Crippen LogP contribution in [0.3, 0.4) is 0 Å². The van der Waals surface area contributed by atoms with E-state index in [2.05, 4.69) is 26.2 Å². The number of nitrogens with one attached hydrogen (secondary N) is 1. The molecule has 2 atom stereocenters. The Bertz CT molecular complexity index is 574. The number of amidine groups is 1. The van der Waals surface area contributed by atoms with Crippen LogP contribution in [-0.4, -0.2) is 31.2 Å². The zero-order valence-corrected chi connectivity index (χ0v) is 12.7. The van der Waals surface area contributed by atoms with E-state index in [0.717, 1.165) is 15.6 Å². The standard InChI is InChI=1S/C14H14BrF3N2O/c15-11-3-1-2-9-10(11)6-8(7-14(16,17)18)21-12(9)13-19-4-5-20-13/h1-3,8,12H,4-7H2,(H,19,20). The van der Waals surface area contributed by atoms with Crippen LogP contribution in [0.15, 0.2) is 27.7 Å². The minimum absolute atomic E-state index is 0.250. The monoisotopic (exact) mass is 362 g/mol. The SMILES string of the molecule is FC(F)(F)CC1Cc2c(Br)cccc2C(C2=NCCN2)O1. The molecule has 3 rings (SSSR count). The van der Waals surface area contributed by atoms with Crippen LogP contribution in [-0.2, 0) is 11.2 Å². The highest BCUT2D eigenvalue weighted by atomic mass is 79.9. The van der Waals surface area contributed by atoms with E-state index in [9.17, 15) is 13.2 Å². The van der Waals surface area contributed by atoms with Gasteiger partial charge in [-0.05, 0) is 17.2 Å². The number of nitrogens with zero attached hydrogens (tertiary/aromatic N) is 1. The summed E-state index contributed by atoms with van der Waals surface area (Å²) < 4.78 is 44.6. The maximum absolute atomic E-state index is 12.7. The van der Waals surface area contributed by atoms with Crippen molar-refractivity contribution in [3.05, 3.63) is 33.8 Å². The van der Waals surface area contributed by atoms with Crippen molar-refractivity contribution in [3.63, 3.8) is 0 Å². The summed E-state index contributed by atoms with van der Waals surface area (Å²) >= 11 is 3.43. The van der Waals surface area contributed by atoms with E-state index in [0.29, 0.717) is 18.9 Å². The van der Waals surface area contributed by atoms with Crippen molar-refractivity contribution in [3.8, 4) is 0 Å². The Labute approximate surface area is 128 Å². The Morgan fingerprint density at radius 3 is 2.86 bits per heavy atom. The Balaban J connectivity index is 1.94. The summed E-state index contributed by atoms with van der Waals surface area (Å²) in [6.07, 6.45) is -6.36. The van der Waals surface area contributed by atoms with E-state index in [1.807, 2.05) is 18.2 Å². The van der Waals surface area contributed by atoms with Gasteiger partial charge < -0.3 is 10.1 Å². The van der Waals surface area contributed by atoms with Crippen molar-refractivity contribution in [1.29, 1.82) is 0 Å². The van der Waals surface area contributed by atoms with Crippen molar-refractivity contribution in [2.45, 2.75) is 31.2 Å². The average Bonchev–Trinajstić information content (AvgIpc) is 2.91. The van der Waals surface area contributed by atoms with Gasteiger partial charge in [-0.1, -0.05) is 28.1 Å². The fourth-order valence-electron chi connectivity index (χ4n) is 2.76. The lowest BCUT2D eigenvalue weighted by Crippen LogP contribution is -2.37. The summed E-state index contributed by atoms with van der Waals surface area (Å²) in [5, 5.41) is 3.10. The largest absolute Gasteiger partial charge is 0.391 e. The zero-order chi connectivity index (χ0) is 15.0. The summed E-state index contributed by atoms with van der Waals surface area (Å²) in [7, 11) is 0. The molecule has 3 nitrogen and oxygen atoms in total. The fourth-order valence-corrected chi connectivity index (χ4v) is 3.30. The van der Waals surface area contributed by atoms with Gasteiger partial charge in [-0.25, -0.2) is 0 Å². The fraction of sp³-hybridized carbons (Fsp3) is 0.500. The summed E-state index contributed by atoms with van der Waals surface area (Å²) in [4.78, 5) is 4.30. The third-order valence-corrected chi connectivity index (χ3v) is 4.35. The number of hydrogen-bond acceptors (Lipinski definition) is 3. The molecule has 0 fully saturated rings. The lowest BCUT2D eigenvalue weighted by Gasteiger charge is -2.33. The number of benzene rings is 1. The summed E-state index contributed by atoms with van der Waals surface area (Å²) in [5.41, 5.74) is 1.76. The molecule has 0 aliphatic carbocycles. The summed E-state index contributed by atoms with van der Waals surface area (Å²) in [5.74, 6) is 0.626. The van der Waals surface area contributed by atoms with E-state index in [1.54, 1.807) is 0 Å². The van der Waals surface area contributed by atoms with Gasteiger partial charge in [-0.2, -0.15) is 13.2 Å². The predicted octanol–water partition coefficient (Wildman–Crippen LogP) is 3.39. The molecule has 0 saturated heterocycles. The molecule has 2 heterocycles. The van der Waals surface area contributed by atoms with Crippen LogP contribution in [0.4, 0.5) is 13.2 Å². The van der Waals surface area contributed by atoms with Crippen LogP contribution in [0.5, 0.6) is 0 Å². The van der Waals surface area contributed by atoms with Crippen LogP contribution in [0, 0.1) is 0 Å². The first kappa shape index (κ1) is 14.8. The van der Waals surface area contributed by atoms with Crippen LogP contribution >= 0.6 is 15.9 Å². The van der Waals surface area contributed by atoms with Gasteiger partial charge in [-0.3, -0.25) is 4.99 Å². The lowest BCUT2D eigenvalue weighted by molar-refractivity contribution is -0.165. The number of rotatable bonds is 2. The van der Waals surface area contributed by atoms with Gasteiger partial charge in [0, 0.05) is 17.4 Å². The van der Waals surface area contributed by atoms with E-state index < -0.39 is 24.8 Å². The first-order valence-electron chi connectivity index (χ1n) is 6.72. The topological polar surface area (TPSA) is 33.6 Å². The maximum atomic E-state index is 12.7. The van der Waals surface area contributed by atoms with Crippen molar-refractivity contribution in [2.75, 3.05) is 13.1 Å². The highest BCUT2D eigenvalue weighted by Gasteiger charge is 2.39. The van der Waals surface area contributed by atoms with Crippen LogP contribution in [0.2, 0.25) is 0 Å². The Morgan fingerprint density at radius 2 is 2.19 bits per heavy atom. The Kier molecular flexibility index (Phi) is 3.96. The number of hydrogen-bond donors (Lipinski definition) is 1. The molecule has 1 N–H and O–H groups in total. The van der Waals surface area contributed by atoms with Gasteiger partial charge in [0.05, 0.1) is 19.1 Å². The Morgan fingerprint density at radius 1 is 1.38 bits per heavy atom. The zero-order valence-electron chi connectivity index (χ0n) is 11.1. The molecule has 0 aromatic heterocycles. The highest BCUT2D eigenvalue weighted by Crippen LogP contribution is 2.38. The molecule has 0 saturated carbocycles. The first-order chi connectivity index (χ1) is 9.94. The normalized spacial score (nSPS) is 25.2. The second-order valence-electron chi connectivity index (χ2n) is 5.16. The molecule has 21 heavy (non-hydrogen) atoms. The van der Waals surface area contributed by atoms with Crippen LogP contribution in [0.25, 0.3) is 0 Å². The molecule has 0 radical (unpaired) electrons. The van der Waals surface area contributed by atoms with Gasteiger partial charge in [0.15, 0.2) is 0 Å². The number of fused-ring (bicyclic) bond motifs is 1. The van der Waals surface area contributed by atoms with Gasteiger partial charge >= 0.3 is 6.18 Å². The highest BCUT2D eigenvalue weighted by molar-refractivity contribution is 9.10. The smallest absolute Gasteiger partial charge is 0.369 e. The minimum atomic E-state index is -4.24. The van der Waals surface area contributed by atoms with Gasteiger partial charge in [0.1, 0.15) is 11.9 Å². The van der Waals surface area contributed by atoms with Crippen molar-refractivity contribution in [2.24, 2.45) is 4.99 Å². The van der Waals surface area contributed by atoms with E-state index in [4.69, 9.17) is 4.74 Å². The minimum Gasteiger partial charge on any atom is -0.369 e. The van der Waals surface area contributed by atoms with Crippen molar-refractivity contribution in [1.82, 2.24) is 5.32 Å². The molecule has 114 valence electrons. The molecule has 1 aromatic carbocycles. The molecule has 2 aliphatic heterocycles. The average molecular weight is 363 g/mol. The van der Waals surface area contributed by atoms with E-state index >= 15 is 0 Å². The second kappa shape index (κ2) is 5.61. The van der Waals surface area contributed by atoms with Crippen molar-refractivity contribution >= 4 is 21.8 Å². The molecule has 0 amide bonds. The first-order valence-corrected chi connectivity index (χ1v) is 7.51. The number of alkyl halides is 3. The maximum Gasteiger partial charge on any atom is 0.391 e. The molecular formula is C14H14BrF3N2O.